The third-order valence-corrected chi connectivity index (χ3v) is 4.31. The Balaban J connectivity index is 2.17. The zero-order chi connectivity index (χ0) is 16.8. The van der Waals surface area contributed by atoms with Crippen molar-refractivity contribution in [2.24, 2.45) is 7.05 Å². The molecule has 1 N–H and O–H groups in total. The number of aliphatic hydroxyl groups excluding tert-OH is 1. The number of rotatable bonds is 7. The maximum Gasteiger partial charge on any atom is 0.120 e. The molecule has 0 spiro atoms. The summed E-state index contributed by atoms with van der Waals surface area (Å²) >= 11 is 6.06. The Kier molecular flexibility index (Phi) is 6.23. The molecular formula is C18H22ClN3O. The molecule has 0 saturated carbocycles. The van der Waals surface area contributed by atoms with E-state index >= 15 is 0 Å². The van der Waals surface area contributed by atoms with Crippen LogP contribution in [0.3, 0.4) is 0 Å². The summed E-state index contributed by atoms with van der Waals surface area (Å²) in [6.45, 7) is 4.49. The highest BCUT2D eigenvalue weighted by molar-refractivity contribution is 6.30. The van der Waals surface area contributed by atoms with E-state index in [0.717, 1.165) is 47.9 Å². The van der Waals surface area contributed by atoms with Crippen molar-refractivity contribution in [3.63, 3.8) is 0 Å². The Hall–Kier alpha value is -1.80. The van der Waals surface area contributed by atoms with Crippen LogP contribution in [0.4, 0.5) is 0 Å². The molecule has 0 amide bonds. The minimum atomic E-state index is 0.170. The summed E-state index contributed by atoms with van der Waals surface area (Å²) in [5.41, 5.74) is 4.05. The summed E-state index contributed by atoms with van der Waals surface area (Å²) in [4.78, 5) is 2.27. The van der Waals surface area contributed by atoms with Gasteiger partial charge in [-0.3, -0.25) is 4.90 Å². The van der Waals surface area contributed by atoms with E-state index in [9.17, 15) is 0 Å². The van der Waals surface area contributed by atoms with Crippen molar-refractivity contribution in [1.29, 1.82) is 5.26 Å². The zero-order valence-corrected chi connectivity index (χ0v) is 14.3. The van der Waals surface area contributed by atoms with E-state index in [4.69, 9.17) is 22.0 Å². The molecule has 2 aromatic rings. The smallest absolute Gasteiger partial charge is 0.120 e. The summed E-state index contributed by atoms with van der Waals surface area (Å²) in [6, 6.07) is 12.0. The number of halogens is 1. The van der Waals surface area contributed by atoms with Crippen molar-refractivity contribution in [2.45, 2.75) is 26.4 Å². The standard InChI is InChI=1S/C18H22ClN3O/c1-14-16(10-18(11-20)21(14)2)13-22(7-4-8-23)12-15-5-3-6-17(19)9-15/h3,5-6,9-10,23H,4,7-8,12-13H2,1-2H3. The maximum absolute atomic E-state index is 9.17. The predicted octanol–water partition coefficient (Wildman–Crippen LogP) is 3.24. The molecule has 0 atom stereocenters. The molecule has 4 nitrogen and oxygen atoms in total. The van der Waals surface area contributed by atoms with E-state index in [1.54, 1.807) is 0 Å². The SMILES string of the molecule is Cc1c(CN(CCCO)Cc2cccc(Cl)c2)cc(C#N)n1C. The fourth-order valence-electron chi connectivity index (χ4n) is 2.67. The minimum Gasteiger partial charge on any atom is -0.396 e. The molecule has 0 fully saturated rings. The van der Waals surface area contributed by atoms with Crippen LogP contribution in [-0.4, -0.2) is 27.7 Å². The molecule has 0 aliphatic heterocycles. The second-order valence-corrected chi connectivity index (χ2v) is 6.17. The van der Waals surface area contributed by atoms with E-state index in [0.29, 0.717) is 5.69 Å². The van der Waals surface area contributed by atoms with Gasteiger partial charge in [0, 0.05) is 44.0 Å². The van der Waals surface area contributed by atoms with E-state index < -0.39 is 0 Å². The molecule has 0 saturated heterocycles. The highest BCUT2D eigenvalue weighted by Gasteiger charge is 2.13. The summed E-state index contributed by atoms with van der Waals surface area (Å²) in [5, 5.41) is 19.0. The monoisotopic (exact) mass is 331 g/mol. The molecule has 1 heterocycles. The molecule has 0 unspecified atom stereocenters. The van der Waals surface area contributed by atoms with Crippen LogP contribution in [0.5, 0.6) is 0 Å². The first kappa shape index (κ1) is 17.6. The highest BCUT2D eigenvalue weighted by Crippen LogP contribution is 2.19. The van der Waals surface area contributed by atoms with Crippen LogP contribution in [0.25, 0.3) is 0 Å². The number of aromatic nitrogens is 1. The lowest BCUT2D eigenvalue weighted by Crippen LogP contribution is -2.25. The lowest BCUT2D eigenvalue weighted by molar-refractivity contribution is 0.212. The average Bonchev–Trinajstić information content (AvgIpc) is 2.80. The molecule has 0 aliphatic carbocycles. The normalized spacial score (nSPS) is 11.0. The van der Waals surface area contributed by atoms with Crippen molar-refractivity contribution < 1.29 is 5.11 Å². The van der Waals surface area contributed by atoms with Gasteiger partial charge in [-0.05, 0) is 42.7 Å². The van der Waals surface area contributed by atoms with E-state index in [2.05, 4.69) is 17.0 Å². The lowest BCUT2D eigenvalue weighted by atomic mass is 10.1. The van der Waals surface area contributed by atoms with Crippen molar-refractivity contribution in [2.75, 3.05) is 13.2 Å². The number of benzene rings is 1. The molecule has 23 heavy (non-hydrogen) atoms. The van der Waals surface area contributed by atoms with Gasteiger partial charge in [0.2, 0.25) is 0 Å². The molecular weight excluding hydrogens is 310 g/mol. The third kappa shape index (κ3) is 4.59. The van der Waals surface area contributed by atoms with E-state index in [-0.39, 0.29) is 6.61 Å². The molecule has 0 aliphatic rings. The van der Waals surface area contributed by atoms with Gasteiger partial charge in [-0.1, -0.05) is 23.7 Å². The highest BCUT2D eigenvalue weighted by atomic mass is 35.5. The number of nitrogens with zero attached hydrogens (tertiary/aromatic N) is 3. The number of hydrogen-bond acceptors (Lipinski definition) is 3. The Bertz CT molecular complexity index is 703. The Morgan fingerprint density at radius 2 is 2.09 bits per heavy atom. The van der Waals surface area contributed by atoms with E-state index in [1.165, 1.54) is 0 Å². The van der Waals surface area contributed by atoms with Gasteiger partial charge >= 0.3 is 0 Å². The van der Waals surface area contributed by atoms with Crippen LogP contribution >= 0.6 is 11.6 Å². The minimum absolute atomic E-state index is 0.170. The molecule has 0 bridgehead atoms. The molecule has 5 heteroatoms. The van der Waals surface area contributed by atoms with Crippen LogP contribution < -0.4 is 0 Å². The van der Waals surface area contributed by atoms with Crippen LogP contribution in [0.2, 0.25) is 5.02 Å². The molecule has 1 aromatic carbocycles. The summed E-state index contributed by atoms with van der Waals surface area (Å²) in [5.74, 6) is 0. The zero-order valence-electron chi connectivity index (χ0n) is 13.6. The Morgan fingerprint density at radius 3 is 2.70 bits per heavy atom. The van der Waals surface area contributed by atoms with Crippen LogP contribution in [-0.2, 0) is 20.1 Å². The van der Waals surface area contributed by atoms with Crippen molar-refractivity contribution in [3.05, 3.63) is 57.9 Å². The van der Waals surface area contributed by atoms with Gasteiger partial charge in [0.25, 0.3) is 0 Å². The summed E-state index contributed by atoms with van der Waals surface area (Å²) in [7, 11) is 1.91. The molecule has 2 rings (SSSR count). The molecule has 1 aromatic heterocycles. The first-order valence-electron chi connectivity index (χ1n) is 7.68. The quantitative estimate of drug-likeness (QED) is 0.847. The van der Waals surface area contributed by atoms with Gasteiger partial charge in [0.15, 0.2) is 0 Å². The average molecular weight is 332 g/mol. The first-order chi connectivity index (χ1) is 11.0. The Morgan fingerprint density at radius 1 is 1.30 bits per heavy atom. The second-order valence-electron chi connectivity index (χ2n) is 5.73. The predicted molar refractivity (Wildman–Crippen MR) is 92.1 cm³/mol. The fourth-order valence-corrected chi connectivity index (χ4v) is 2.89. The van der Waals surface area contributed by atoms with Crippen LogP contribution in [0, 0.1) is 18.3 Å². The van der Waals surface area contributed by atoms with Gasteiger partial charge in [-0.2, -0.15) is 5.26 Å². The van der Waals surface area contributed by atoms with Crippen LogP contribution in [0.15, 0.2) is 30.3 Å². The summed E-state index contributed by atoms with van der Waals surface area (Å²) < 4.78 is 1.92. The van der Waals surface area contributed by atoms with Gasteiger partial charge < -0.3 is 9.67 Å². The van der Waals surface area contributed by atoms with Gasteiger partial charge in [-0.15, -0.1) is 0 Å². The van der Waals surface area contributed by atoms with Gasteiger partial charge in [0.1, 0.15) is 11.8 Å². The maximum atomic E-state index is 9.17. The number of nitriles is 1. The lowest BCUT2D eigenvalue weighted by Gasteiger charge is -2.22. The van der Waals surface area contributed by atoms with Gasteiger partial charge in [-0.25, -0.2) is 0 Å². The van der Waals surface area contributed by atoms with Crippen molar-refractivity contribution >= 4 is 11.6 Å². The fraction of sp³-hybridized carbons (Fsp3) is 0.389. The van der Waals surface area contributed by atoms with Crippen molar-refractivity contribution in [1.82, 2.24) is 9.47 Å². The van der Waals surface area contributed by atoms with Crippen molar-refractivity contribution in [3.8, 4) is 6.07 Å². The Labute approximate surface area is 142 Å². The van der Waals surface area contributed by atoms with E-state index in [1.807, 2.05) is 42.8 Å². The first-order valence-corrected chi connectivity index (χ1v) is 8.06. The van der Waals surface area contributed by atoms with Crippen LogP contribution in [0.1, 0.15) is 28.9 Å². The topological polar surface area (TPSA) is 52.2 Å². The summed E-state index contributed by atoms with van der Waals surface area (Å²) in [6.07, 6.45) is 0.720. The largest absolute Gasteiger partial charge is 0.396 e. The third-order valence-electron chi connectivity index (χ3n) is 4.08. The number of aliphatic hydroxyl groups is 1. The second kappa shape index (κ2) is 8.16. The molecule has 0 radical (unpaired) electrons. The van der Waals surface area contributed by atoms with Gasteiger partial charge in [0.05, 0.1) is 0 Å². The number of hydrogen-bond donors (Lipinski definition) is 1. The molecule has 122 valence electrons.